The lowest BCUT2D eigenvalue weighted by Gasteiger charge is -2.27. The van der Waals surface area contributed by atoms with Gasteiger partial charge in [0.25, 0.3) is 0 Å². The van der Waals surface area contributed by atoms with E-state index in [1.165, 1.54) is 4.90 Å². The Balaban J connectivity index is 2.83. The van der Waals surface area contributed by atoms with Gasteiger partial charge in [-0.25, -0.2) is 4.79 Å². The number of aliphatic hydroxyl groups excluding tert-OH is 1. The summed E-state index contributed by atoms with van der Waals surface area (Å²) < 4.78 is 4.99. The molecule has 6 heteroatoms. The Morgan fingerprint density at radius 2 is 1.95 bits per heavy atom. The van der Waals surface area contributed by atoms with Gasteiger partial charge in [0.1, 0.15) is 18.4 Å². The van der Waals surface area contributed by atoms with E-state index in [1.807, 2.05) is 27.7 Å². The Hall–Kier alpha value is -1.43. The van der Waals surface area contributed by atoms with Gasteiger partial charge in [0.2, 0.25) is 5.91 Å². The van der Waals surface area contributed by atoms with Crippen LogP contribution in [0.25, 0.3) is 0 Å². The van der Waals surface area contributed by atoms with E-state index >= 15 is 0 Å². The molecule has 1 fully saturated rings. The number of carbonyl (C=O) groups excluding carboxylic acids is 3. The zero-order valence-corrected chi connectivity index (χ0v) is 13.9. The summed E-state index contributed by atoms with van der Waals surface area (Å²) in [6, 6.07) is -0.677. The first kappa shape index (κ1) is 18.6. The number of hydrogen-bond donors (Lipinski definition) is 1. The summed E-state index contributed by atoms with van der Waals surface area (Å²) in [7, 11) is 0. The summed E-state index contributed by atoms with van der Waals surface area (Å²) in [5, 5.41) is 8.77. The number of Topliss-reactive ketones (excluding diaryl/α,β-unsaturated/α-hetero) is 1. The van der Waals surface area contributed by atoms with Gasteiger partial charge in [0.05, 0.1) is 6.61 Å². The van der Waals surface area contributed by atoms with Crippen molar-refractivity contribution in [3.63, 3.8) is 0 Å². The van der Waals surface area contributed by atoms with Crippen LogP contribution >= 0.6 is 0 Å². The van der Waals surface area contributed by atoms with Crippen LogP contribution in [0, 0.1) is 17.8 Å². The number of rotatable bonds is 8. The van der Waals surface area contributed by atoms with E-state index in [0.717, 1.165) is 0 Å². The van der Waals surface area contributed by atoms with E-state index in [0.29, 0.717) is 6.42 Å². The monoisotopic (exact) mass is 313 g/mol. The maximum atomic E-state index is 12.2. The van der Waals surface area contributed by atoms with Crippen LogP contribution < -0.4 is 0 Å². The maximum Gasteiger partial charge on any atom is 0.328 e. The normalized spacial score (nSPS) is 19.9. The van der Waals surface area contributed by atoms with Crippen molar-refractivity contribution >= 4 is 17.7 Å². The molecule has 126 valence electrons. The fraction of sp³-hybridized carbons (Fsp3) is 0.812. The molecule has 1 saturated heterocycles. The highest BCUT2D eigenvalue weighted by molar-refractivity contribution is 5.93. The van der Waals surface area contributed by atoms with E-state index in [2.05, 4.69) is 0 Å². The van der Waals surface area contributed by atoms with E-state index in [4.69, 9.17) is 9.84 Å². The minimum Gasteiger partial charge on any atom is -0.462 e. The van der Waals surface area contributed by atoms with Crippen molar-refractivity contribution in [3.8, 4) is 0 Å². The Bertz CT molecular complexity index is 419. The highest BCUT2D eigenvalue weighted by Gasteiger charge is 2.41. The Morgan fingerprint density at radius 1 is 1.32 bits per heavy atom. The van der Waals surface area contributed by atoms with Crippen LogP contribution in [-0.4, -0.2) is 53.5 Å². The zero-order chi connectivity index (χ0) is 16.9. The van der Waals surface area contributed by atoms with Crippen LogP contribution in [0.4, 0.5) is 0 Å². The third-order valence-corrected chi connectivity index (χ3v) is 3.81. The van der Waals surface area contributed by atoms with Crippen LogP contribution in [0.5, 0.6) is 0 Å². The summed E-state index contributed by atoms with van der Waals surface area (Å²) >= 11 is 0. The van der Waals surface area contributed by atoms with Crippen LogP contribution in [0.3, 0.4) is 0 Å². The SMILES string of the molecule is CC(C)CC(C(=O)OCCO)N1CC(C(=O)C(C)C)CC1=O. The molecule has 0 aliphatic carbocycles. The molecule has 22 heavy (non-hydrogen) atoms. The Morgan fingerprint density at radius 3 is 2.45 bits per heavy atom. The first-order valence-corrected chi connectivity index (χ1v) is 7.88. The van der Waals surface area contributed by atoms with Gasteiger partial charge in [0, 0.05) is 24.8 Å². The number of esters is 1. The van der Waals surface area contributed by atoms with Gasteiger partial charge in [-0.15, -0.1) is 0 Å². The molecular formula is C16H27NO5. The first-order valence-electron chi connectivity index (χ1n) is 7.88. The van der Waals surface area contributed by atoms with Crippen molar-refractivity contribution in [3.05, 3.63) is 0 Å². The highest BCUT2D eigenvalue weighted by Crippen LogP contribution is 2.26. The van der Waals surface area contributed by atoms with Gasteiger partial charge in [-0.2, -0.15) is 0 Å². The Labute approximate surface area is 131 Å². The molecule has 0 saturated carbocycles. The predicted octanol–water partition coefficient (Wildman–Crippen LogP) is 1.01. The highest BCUT2D eigenvalue weighted by atomic mass is 16.5. The second-order valence-corrected chi connectivity index (χ2v) is 6.54. The lowest BCUT2D eigenvalue weighted by molar-refractivity contribution is -0.155. The average Bonchev–Trinajstić information content (AvgIpc) is 2.82. The molecule has 0 radical (unpaired) electrons. The number of ether oxygens (including phenoxy) is 1. The summed E-state index contributed by atoms with van der Waals surface area (Å²) in [6.07, 6.45) is 0.650. The summed E-state index contributed by atoms with van der Waals surface area (Å²) in [5.74, 6) is -0.878. The molecule has 2 unspecified atom stereocenters. The number of nitrogens with zero attached hydrogens (tertiary/aromatic N) is 1. The molecule has 0 aromatic heterocycles. The topological polar surface area (TPSA) is 83.9 Å². The fourth-order valence-corrected chi connectivity index (χ4v) is 2.73. The average molecular weight is 313 g/mol. The third-order valence-electron chi connectivity index (χ3n) is 3.81. The lowest BCUT2D eigenvalue weighted by atomic mass is 9.94. The molecule has 1 aliphatic heterocycles. The van der Waals surface area contributed by atoms with Gasteiger partial charge in [0.15, 0.2) is 0 Å². The third kappa shape index (κ3) is 4.80. The molecule has 1 rings (SSSR count). The second-order valence-electron chi connectivity index (χ2n) is 6.54. The van der Waals surface area contributed by atoms with Crippen molar-refractivity contribution < 1.29 is 24.2 Å². The summed E-state index contributed by atoms with van der Waals surface area (Å²) in [4.78, 5) is 38.0. The van der Waals surface area contributed by atoms with Crippen molar-refractivity contribution in [2.45, 2.75) is 46.6 Å². The second kappa shape index (κ2) is 8.27. The zero-order valence-electron chi connectivity index (χ0n) is 13.9. The molecule has 2 atom stereocenters. The standard InChI is InChI=1S/C16H27NO5/c1-10(2)7-13(16(21)22-6-5-18)17-9-12(8-14(17)19)15(20)11(3)4/h10-13,18H,5-9H2,1-4H3. The molecule has 6 nitrogen and oxygen atoms in total. The van der Waals surface area contributed by atoms with Gasteiger partial charge in [-0.1, -0.05) is 27.7 Å². The number of ketones is 1. The number of carbonyl (C=O) groups is 3. The lowest BCUT2D eigenvalue weighted by Crippen LogP contribution is -2.44. The van der Waals surface area contributed by atoms with Crippen molar-refractivity contribution in [1.82, 2.24) is 4.90 Å². The van der Waals surface area contributed by atoms with Crippen molar-refractivity contribution in [2.75, 3.05) is 19.8 Å². The van der Waals surface area contributed by atoms with E-state index in [9.17, 15) is 14.4 Å². The van der Waals surface area contributed by atoms with Crippen molar-refractivity contribution in [1.29, 1.82) is 0 Å². The minimum absolute atomic E-state index is 0.0582. The number of aliphatic hydroxyl groups is 1. The number of hydrogen-bond acceptors (Lipinski definition) is 5. The smallest absolute Gasteiger partial charge is 0.328 e. The molecule has 0 aromatic rings. The van der Waals surface area contributed by atoms with Gasteiger partial charge < -0.3 is 14.7 Å². The number of amides is 1. The molecule has 0 bridgehead atoms. The van der Waals surface area contributed by atoms with Gasteiger partial charge in [-0.05, 0) is 12.3 Å². The molecule has 0 spiro atoms. The van der Waals surface area contributed by atoms with Crippen LogP contribution in [0.1, 0.15) is 40.5 Å². The molecule has 1 N–H and O–H groups in total. The number of likely N-dealkylation sites (tertiary alicyclic amines) is 1. The van der Waals surface area contributed by atoms with Gasteiger partial charge in [-0.3, -0.25) is 9.59 Å². The van der Waals surface area contributed by atoms with E-state index in [-0.39, 0.29) is 55.6 Å². The largest absolute Gasteiger partial charge is 0.462 e. The van der Waals surface area contributed by atoms with E-state index in [1.54, 1.807) is 0 Å². The van der Waals surface area contributed by atoms with E-state index < -0.39 is 12.0 Å². The summed E-state index contributed by atoms with van der Waals surface area (Å²) in [6.45, 7) is 7.51. The Kier molecular flexibility index (Phi) is 7.00. The van der Waals surface area contributed by atoms with Crippen LogP contribution in [-0.2, 0) is 19.1 Å². The maximum absolute atomic E-state index is 12.2. The predicted molar refractivity (Wildman–Crippen MR) is 81.0 cm³/mol. The van der Waals surface area contributed by atoms with Crippen molar-refractivity contribution in [2.24, 2.45) is 17.8 Å². The first-order chi connectivity index (χ1) is 10.3. The minimum atomic E-state index is -0.677. The molecule has 1 aliphatic rings. The van der Waals surface area contributed by atoms with Crippen LogP contribution in [0.15, 0.2) is 0 Å². The quantitative estimate of drug-likeness (QED) is 0.676. The summed E-state index contributed by atoms with van der Waals surface area (Å²) in [5.41, 5.74) is 0. The van der Waals surface area contributed by atoms with Crippen LogP contribution in [0.2, 0.25) is 0 Å². The molecular weight excluding hydrogens is 286 g/mol. The molecule has 1 amide bonds. The molecule has 0 aromatic carbocycles. The molecule has 1 heterocycles. The fourth-order valence-electron chi connectivity index (χ4n) is 2.73. The van der Waals surface area contributed by atoms with Gasteiger partial charge >= 0.3 is 5.97 Å².